The van der Waals surface area contributed by atoms with Crippen LogP contribution in [0.25, 0.3) is 4.96 Å². The minimum atomic E-state index is -0.385. The van der Waals surface area contributed by atoms with Crippen LogP contribution >= 0.6 is 34.5 Å². The summed E-state index contributed by atoms with van der Waals surface area (Å²) < 4.78 is 12.1. The van der Waals surface area contributed by atoms with Crippen LogP contribution in [0.1, 0.15) is 18.5 Å². The average Bonchev–Trinajstić information content (AvgIpc) is 3.07. The lowest BCUT2D eigenvalue weighted by molar-refractivity contribution is -0.145. The number of ether oxygens (including phenoxy) is 2. The summed E-state index contributed by atoms with van der Waals surface area (Å²) in [5, 5.41) is 2.72. The second-order valence-corrected chi connectivity index (χ2v) is 7.05. The second kappa shape index (κ2) is 8.53. The Hall–Kier alpha value is -2.09. The monoisotopic (exact) mass is 412 g/mol. The Bertz CT molecular complexity index is 986. The maximum absolute atomic E-state index is 11.9. The quantitative estimate of drug-likeness (QED) is 0.433. The predicted octanol–water partition coefficient (Wildman–Crippen LogP) is 3.97. The van der Waals surface area contributed by atoms with Crippen LogP contribution < -0.4 is 10.3 Å². The highest BCUT2D eigenvalue weighted by molar-refractivity contribution is 7.15. The summed E-state index contributed by atoms with van der Waals surface area (Å²) in [6, 6.07) is 6.30. The van der Waals surface area contributed by atoms with Gasteiger partial charge in [-0.1, -0.05) is 23.2 Å². The van der Waals surface area contributed by atoms with Gasteiger partial charge in [0.1, 0.15) is 12.4 Å². The molecule has 0 bridgehead atoms. The second-order valence-electron chi connectivity index (χ2n) is 5.33. The number of aromatic nitrogens is 2. The molecule has 3 aromatic rings. The van der Waals surface area contributed by atoms with E-state index >= 15 is 0 Å². The molecule has 0 saturated carbocycles. The molecule has 0 atom stereocenters. The van der Waals surface area contributed by atoms with E-state index < -0.39 is 0 Å². The van der Waals surface area contributed by atoms with Gasteiger partial charge in [-0.25, -0.2) is 4.98 Å². The highest BCUT2D eigenvalue weighted by Gasteiger charge is 2.08. The molecule has 2 heterocycles. The van der Waals surface area contributed by atoms with E-state index in [4.69, 9.17) is 32.7 Å². The van der Waals surface area contributed by atoms with Crippen LogP contribution in [0, 0.1) is 0 Å². The summed E-state index contributed by atoms with van der Waals surface area (Å²) in [5.74, 6) is 0.127. The maximum Gasteiger partial charge on any atom is 0.306 e. The molecule has 0 spiro atoms. The molecule has 1 aromatic carbocycles. The first-order valence-corrected chi connectivity index (χ1v) is 9.36. The van der Waals surface area contributed by atoms with Gasteiger partial charge in [0.25, 0.3) is 5.56 Å². The molecule has 0 radical (unpaired) electrons. The van der Waals surface area contributed by atoms with E-state index in [2.05, 4.69) is 4.98 Å². The van der Waals surface area contributed by atoms with Crippen LogP contribution in [0.2, 0.25) is 10.0 Å². The molecule has 0 unspecified atom stereocenters. The number of thiazole rings is 1. The zero-order valence-electron chi connectivity index (χ0n) is 13.5. The molecule has 3 rings (SSSR count). The Morgan fingerprint density at radius 2 is 2.12 bits per heavy atom. The number of fused-ring (bicyclic) bond motifs is 1. The van der Waals surface area contributed by atoms with E-state index in [0.29, 0.717) is 39.5 Å². The Labute approximate surface area is 162 Å². The van der Waals surface area contributed by atoms with Crippen molar-refractivity contribution < 1.29 is 14.3 Å². The molecular formula is C17H14Cl2N2O4S. The van der Waals surface area contributed by atoms with E-state index in [1.54, 1.807) is 29.8 Å². The lowest BCUT2D eigenvalue weighted by Crippen LogP contribution is -2.14. The number of halogens is 2. The number of benzene rings is 1. The number of carbonyl (C=O) groups excluding carboxylic acids is 1. The summed E-state index contributed by atoms with van der Waals surface area (Å²) in [5.41, 5.74) is 0.227. The van der Waals surface area contributed by atoms with Gasteiger partial charge in [0.05, 0.1) is 17.3 Å². The van der Waals surface area contributed by atoms with E-state index in [-0.39, 0.29) is 24.6 Å². The van der Waals surface area contributed by atoms with Gasteiger partial charge in [0, 0.05) is 29.1 Å². The number of rotatable bonds is 7. The van der Waals surface area contributed by atoms with Gasteiger partial charge >= 0.3 is 5.97 Å². The highest BCUT2D eigenvalue weighted by atomic mass is 35.5. The zero-order valence-corrected chi connectivity index (χ0v) is 15.8. The lowest BCUT2D eigenvalue weighted by Gasteiger charge is -2.08. The van der Waals surface area contributed by atoms with Gasteiger partial charge < -0.3 is 9.47 Å². The fraction of sp³-hybridized carbons (Fsp3) is 0.235. The first-order chi connectivity index (χ1) is 12.5. The van der Waals surface area contributed by atoms with Crippen molar-refractivity contribution in [3.8, 4) is 5.75 Å². The van der Waals surface area contributed by atoms with E-state index in [0.717, 1.165) is 0 Å². The van der Waals surface area contributed by atoms with Crippen LogP contribution in [0.5, 0.6) is 5.75 Å². The third-order valence-corrected chi connectivity index (χ3v) is 4.70. The van der Waals surface area contributed by atoms with E-state index in [9.17, 15) is 9.59 Å². The molecule has 6 nitrogen and oxygen atoms in total. The van der Waals surface area contributed by atoms with Crippen molar-refractivity contribution in [1.29, 1.82) is 0 Å². The topological polar surface area (TPSA) is 69.9 Å². The highest BCUT2D eigenvalue weighted by Crippen LogP contribution is 2.27. The minimum Gasteiger partial charge on any atom is -0.492 e. The van der Waals surface area contributed by atoms with Gasteiger partial charge in [-0.15, -0.1) is 11.3 Å². The van der Waals surface area contributed by atoms with Crippen molar-refractivity contribution in [2.24, 2.45) is 0 Å². The van der Waals surface area contributed by atoms with Crippen LogP contribution in [0.15, 0.2) is 40.6 Å². The standard InChI is InChI=1S/C17H14Cl2N2O4S/c18-11-3-4-14(13(19)8-11)24-6-1-2-16(23)25-10-12-9-15(22)21-5-7-26-17(21)20-12/h3-5,7-9H,1-2,6,10H2. The van der Waals surface area contributed by atoms with Gasteiger partial charge in [-0.2, -0.15) is 0 Å². The number of hydrogen-bond donors (Lipinski definition) is 0. The molecule has 0 aliphatic rings. The third kappa shape index (κ3) is 4.75. The molecule has 0 amide bonds. The molecule has 0 saturated heterocycles. The summed E-state index contributed by atoms with van der Waals surface area (Å²) in [6.45, 7) is 0.281. The average molecular weight is 413 g/mol. The normalized spacial score (nSPS) is 10.8. The van der Waals surface area contributed by atoms with Gasteiger partial charge in [0.15, 0.2) is 4.96 Å². The SMILES string of the molecule is O=C(CCCOc1ccc(Cl)cc1Cl)OCc1cc(=O)n2ccsc2n1. The van der Waals surface area contributed by atoms with Crippen LogP contribution in [-0.4, -0.2) is 22.0 Å². The molecular weight excluding hydrogens is 399 g/mol. The molecule has 26 heavy (non-hydrogen) atoms. The summed E-state index contributed by atoms with van der Waals surface area (Å²) in [7, 11) is 0. The van der Waals surface area contributed by atoms with Gasteiger partial charge in [-0.05, 0) is 24.6 Å². The van der Waals surface area contributed by atoms with Crippen molar-refractivity contribution in [3.05, 3.63) is 61.9 Å². The van der Waals surface area contributed by atoms with Crippen LogP contribution in [0.4, 0.5) is 0 Å². The Kier molecular flexibility index (Phi) is 6.13. The number of nitrogens with zero attached hydrogens (tertiary/aromatic N) is 2. The van der Waals surface area contributed by atoms with Crippen molar-refractivity contribution in [2.75, 3.05) is 6.61 Å². The number of carbonyl (C=O) groups is 1. The predicted molar refractivity (Wildman–Crippen MR) is 100 cm³/mol. The zero-order chi connectivity index (χ0) is 18.5. The van der Waals surface area contributed by atoms with Crippen molar-refractivity contribution >= 4 is 45.5 Å². The molecule has 0 aliphatic carbocycles. The summed E-state index contributed by atoms with van der Waals surface area (Å²) >= 11 is 13.2. The van der Waals surface area contributed by atoms with Gasteiger partial charge in [-0.3, -0.25) is 14.0 Å². The fourth-order valence-electron chi connectivity index (χ4n) is 2.18. The minimum absolute atomic E-state index is 0.0354. The smallest absolute Gasteiger partial charge is 0.306 e. The Balaban J connectivity index is 1.43. The molecule has 136 valence electrons. The summed E-state index contributed by atoms with van der Waals surface area (Å²) in [6.07, 6.45) is 2.31. The molecule has 9 heteroatoms. The molecule has 2 aromatic heterocycles. The first-order valence-electron chi connectivity index (χ1n) is 7.72. The van der Waals surface area contributed by atoms with Crippen LogP contribution in [0.3, 0.4) is 0 Å². The Morgan fingerprint density at radius 3 is 2.92 bits per heavy atom. The number of esters is 1. The van der Waals surface area contributed by atoms with Crippen molar-refractivity contribution in [1.82, 2.24) is 9.38 Å². The van der Waals surface area contributed by atoms with E-state index in [1.165, 1.54) is 21.8 Å². The molecule has 0 fully saturated rings. The van der Waals surface area contributed by atoms with Crippen molar-refractivity contribution in [2.45, 2.75) is 19.4 Å². The summed E-state index contributed by atoms with van der Waals surface area (Å²) in [4.78, 5) is 28.5. The first kappa shape index (κ1) is 18.7. The Morgan fingerprint density at radius 1 is 1.27 bits per heavy atom. The largest absolute Gasteiger partial charge is 0.492 e. The fourth-order valence-corrected chi connectivity index (χ4v) is 3.38. The molecule has 0 N–H and O–H groups in total. The van der Waals surface area contributed by atoms with Crippen LogP contribution in [-0.2, 0) is 16.1 Å². The van der Waals surface area contributed by atoms with Gasteiger partial charge in [0.2, 0.25) is 0 Å². The molecule has 0 aliphatic heterocycles. The van der Waals surface area contributed by atoms with E-state index in [1.807, 2.05) is 0 Å². The third-order valence-electron chi connectivity index (χ3n) is 3.41. The lowest BCUT2D eigenvalue weighted by atomic mass is 10.3. The maximum atomic E-state index is 11.9. The van der Waals surface area contributed by atoms with Crippen molar-refractivity contribution in [3.63, 3.8) is 0 Å². The number of hydrogen-bond acceptors (Lipinski definition) is 6.